The summed E-state index contributed by atoms with van der Waals surface area (Å²) in [5.74, 6) is 0.787. The second-order valence-corrected chi connectivity index (χ2v) is 6.97. The van der Waals surface area contributed by atoms with Crippen molar-refractivity contribution in [1.82, 2.24) is 0 Å². The fourth-order valence-electron chi connectivity index (χ4n) is 1.45. The van der Waals surface area contributed by atoms with Crippen molar-refractivity contribution in [2.24, 2.45) is 4.40 Å². The van der Waals surface area contributed by atoms with Crippen molar-refractivity contribution in [1.29, 1.82) is 0 Å². The van der Waals surface area contributed by atoms with Gasteiger partial charge in [-0.25, -0.2) is 0 Å². The average molecular weight is 352 g/mol. The van der Waals surface area contributed by atoms with Crippen LogP contribution in [0.2, 0.25) is 5.02 Å². The van der Waals surface area contributed by atoms with Gasteiger partial charge in [0.15, 0.2) is 0 Å². The van der Waals surface area contributed by atoms with Crippen LogP contribution in [0, 0.1) is 0 Å². The molecule has 1 rings (SSSR count). The lowest BCUT2D eigenvalue weighted by Gasteiger charge is -2.10. The van der Waals surface area contributed by atoms with Crippen molar-refractivity contribution < 1.29 is 17.9 Å². The molecule has 0 spiro atoms. The van der Waals surface area contributed by atoms with Gasteiger partial charge in [-0.1, -0.05) is 29.0 Å². The zero-order valence-corrected chi connectivity index (χ0v) is 14.5. The highest BCUT2D eigenvalue weighted by Crippen LogP contribution is 2.34. The van der Waals surface area contributed by atoms with Crippen molar-refractivity contribution in [3.8, 4) is 0 Å². The highest BCUT2D eigenvalue weighted by molar-refractivity contribution is 8.00. The number of rotatable bonds is 6. The molecule has 0 amide bonds. The number of hydrogen-bond acceptors (Lipinski definition) is 5. The Kier molecular flexibility index (Phi) is 7.34. The van der Waals surface area contributed by atoms with Crippen LogP contribution >= 0.6 is 23.4 Å². The lowest BCUT2D eigenvalue weighted by molar-refractivity contribution is 0.209. The van der Waals surface area contributed by atoms with Gasteiger partial charge in [-0.2, -0.15) is 8.42 Å². The molecule has 0 saturated carbocycles. The summed E-state index contributed by atoms with van der Waals surface area (Å²) in [5, 5.41) is 0.131. The summed E-state index contributed by atoms with van der Waals surface area (Å²) >= 11 is 7.47. The molecule has 1 aromatic carbocycles. The second-order valence-electron chi connectivity index (χ2n) is 3.88. The monoisotopic (exact) mass is 351 g/mol. The zero-order chi connectivity index (χ0) is 15.9. The van der Waals surface area contributed by atoms with E-state index in [1.807, 2.05) is 6.92 Å². The van der Waals surface area contributed by atoms with Gasteiger partial charge in [0.05, 0.1) is 18.7 Å². The Morgan fingerprint density at radius 3 is 2.67 bits per heavy atom. The van der Waals surface area contributed by atoms with Gasteiger partial charge in [-0.05, 0) is 31.2 Å². The van der Waals surface area contributed by atoms with E-state index in [0.29, 0.717) is 4.90 Å². The van der Waals surface area contributed by atoms with Crippen molar-refractivity contribution >= 4 is 39.5 Å². The van der Waals surface area contributed by atoms with E-state index in [0.717, 1.165) is 12.2 Å². The second kappa shape index (κ2) is 8.51. The molecule has 118 valence electrons. The molecule has 1 aromatic rings. The summed E-state index contributed by atoms with van der Waals surface area (Å²) in [4.78, 5) is 0.555. The molecule has 0 fully saturated rings. The van der Waals surface area contributed by atoms with Crippen LogP contribution in [0.3, 0.4) is 0 Å². The highest BCUT2D eigenvalue weighted by Gasteiger charge is 2.23. The van der Waals surface area contributed by atoms with Gasteiger partial charge in [-0.3, -0.25) is 0 Å². The molecule has 0 unspecified atom stereocenters. The highest BCUT2D eigenvalue weighted by atomic mass is 35.5. The van der Waals surface area contributed by atoms with E-state index in [1.54, 1.807) is 19.1 Å². The predicted octanol–water partition coefficient (Wildman–Crippen LogP) is 3.57. The maximum atomic E-state index is 12.4. The summed E-state index contributed by atoms with van der Waals surface area (Å²) < 4.78 is 38.3. The number of methoxy groups -OCH3 is 1. The number of halogens is 1. The molecule has 0 aliphatic heterocycles. The van der Waals surface area contributed by atoms with Crippen LogP contribution in [0.4, 0.5) is 0 Å². The van der Waals surface area contributed by atoms with Gasteiger partial charge in [-0.15, -0.1) is 11.8 Å². The largest absolute Gasteiger partial charge is 0.453 e. The number of sulfonamides is 1. The molecule has 0 saturated heterocycles. The first-order chi connectivity index (χ1) is 9.96. The smallest absolute Gasteiger partial charge is 0.399 e. The van der Waals surface area contributed by atoms with Crippen LogP contribution in [-0.2, 0) is 19.5 Å². The van der Waals surface area contributed by atoms with E-state index < -0.39 is 10.0 Å². The van der Waals surface area contributed by atoms with Crippen molar-refractivity contribution in [2.75, 3.05) is 19.5 Å². The third-order valence-corrected chi connectivity index (χ3v) is 5.45. The van der Waals surface area contributed by atoms with Gasteiger partial charge in [0.2, 0.25) is 0 Å². The molecular formula is C13H18ClNO4S2. The van der Waals surface area contributed by atoms with E-state index in [-0.39, 0.29) is 22.6 Å². The Labute approximate surface area is 134 Å². The number of nitrogens with zero attached hydrogens (tertiary/aromatic N) is 1. The number of thioether (sulfide) groups is 1. The number of ether oxygens (including phenoxy) is 2. The molecule has 0 aromatic heterocycles. The maximum Gasteiger partial charge on any atom is 0.399 e. The first-order valence-electron chi connectivity index (χ1n) is 6.39. The molecule has 0 N–H and O–H groups in total. The summed E-state index contributed by atoms with van der Waals surface area (Å²) in [6, 6.07) is 4.94. The van der Waals surface area contributed by atoms with E-state index in [4.69, 9.17) is 21.1 Å². The van der Waals surface area contributed by atoms with Gasteiger partial charge in [0, 0.05) is 4.90 Å². The minimum absolute atomic E-state index is 0.0145. The molecule has 0 radical (unpaired) electrons. The minimum atomic E-state index is -4.00. The van der Waals surface area contributed by atoms with Crippen LogP contribution in [0.1, 0.15) is 20.3 Å². The van der Waals surface area contributed by atoms with Crippen LogP contribution in [0.5, 0.6) is 0 Å². The van der Waals surface area contributed by atoms with Gasteiger partial charge in [0.1, 0.15) is 4.90 Å². The molecule has 8 heteroatoms. The molecule has 0 heterocycles. The molecular weight excluding hydrogens is 334 g/mol. The van der Waals surface area contributed by atoms with Gasteiger partial charge in [0.25, 0.3) is 10.0 Å². The van der Waals surface area contributed by atoms with E-state index in [1.165, 1.54) is 24.9 Å². The number of benzene rings is 1. The van der Waals surface area contributed by atoms with Gasteiger partial charge < -0.3 is 9.47 Å². The van der Waals surface area contributed by atoms with Crippen molar-refractivity contribution in [3.63, 3.8) is 0 Å². The normalized spacial score (nSPS) is 12.3. The van der Waals surface area contributed by atoms with Gasteiger partial charge >= 0.3 is 6.08 Å². The summed E-state index contributed by atoms with van der Waals surface area (Å²) in [6.45, 7) is 3.98. The minimum Gasteiger partial charge on any atom is -0.453 e. The Morgan fingerprint density at radius 2 is 2.10 bits per heavy atom. The van der Waals surface area contributed by atoms with Crippen LogP contribution < -0.4 is 0 Å². The zero-order valence-electron chi connectivity index (χ0n) is 12.1. The van der Waals surface area contributed by atoms with Crippen molar-refractivity contribution in [3.05, 3.63) is 23.2 Å². The molecule has 0 aliphatic carbocycles. The Morgan fingerprint density at radius 1 is 1.38 bits per heavy atom. The van der Waals surface area contributed by atoms with Crippen LogP contribution in [0.15, 0.2) is 32.4 Å². The Bertz CT molecular complexity index is 602. The molecule has 5 nitrogen and oxygen atoms in total. The van der Waals surface area contributed by atoms with E-state index >= 15 is 0 Å². The predicted molar refractivity (Wildman–Crippen MR) is 85.7 cm³/mol. The number of hydrogen-bond donors (Lipinski definition) is 0. The molecule has 21 heavy (non-hydrogen) atoms. The Hall–Kier alpha value is -0.920. The average Bonchev–Trinajstić information content (AvgIpc) is 2.44. The lowest BCUT2D eigenvalue weighted by atomic mass is 10.4. The first-order valence-corrected chi connectivity index (χ1v) is 9.19. The third kappa shape index (κ3) is 5.09. The van der Waals surface area contributed by atoms with E-state index in [2.05, 4.69) is 4.40 Å². The topological polar surface area (TPSA) is 65.0 Å². The SMILES string of the molecule is CCCSc1cccc(Cl)c1S(=O)(=O)N=C(OC)OCC. The fourth-order valence-corrected chi connectivity index (χ4v) is 4.36. The summed E-state index contributed by atoms with van der Waals surface area (Å²) in [5.41, 5.74) is 0. The first kappa shape index (κ1) is 18.1. The van der Waals surface area contributed by atoms with Crippen LogP contribution in [-0.4, -0.2) is 34.0 Å². The fraction of sp³-hybridized carbons (Fsp3) is 0.462. The van der Waals surface area contributed by atoms with E-state index in [9.17, 15) is 8.42 Å². The van der Waals surface area contributed by atoms with Crippen molar-refractivity contribution in [2.45, 2.75) is 30.1 Å². The third-order valence-electron chi connectivity index (χ3n) is 2.29. The molecule has 0 bridgehead atoms. The summed E-state index contributed by atoms with van der Waals surface area (Å²) in [6.07, 6.45) is 0.617. The standard InChI is InChI=1S/C13H18ClNO4S2/c1-4-9-20-11-8-6-7-10(14)12(11)21(16,17)15-13(18-3)19-5-2/h6-8H,4-5,9H2,1-3H3. The quantitative estimate of drug-likeness (QED) is 0.445. The summed E-state index contributed by atoms with van der Waals surface area (Å²) in [7, 11) is -2.71. The molecule has 0 atom stereocenters. The lowest BCUT2D eigenvalue weighted by Crippen LogP contribution is -2.11. The molecule has 0 aliphatic rings. The maximum absolute atomic E-state index is 12.4. The Balaban J connectivity index is 3.30. The van der Waals surface area contributed by atoms with Crippen LogP contribution in [0.25, 0.3) is 0 Å².